The number of ether oxygens (including phenoxy) is 1. The van der Waals surface area contributed by atoms with Crippen LogP contribution >= 0.6 is 0 Å². The Morgan fingerprint density at radius 1 is 1.30 bits per heavy atom. The number of nitrogens with zero attached hydrogens (tertiary/aromatic N) is 5. The fourth-order valence-corrected chi connectivity index (χ4v) is 3.75. The van der Waals surface area contributed by atoms with Gasteiger partial charge >= 0.3 is 0 Å². The summed E-state index contributed by atoms with van der Waals surface area (Å²) in [6, 6.07) is 2.41. The van der Waals surface area contributed by atoms with Gasteiger partial charge in [0.15, 0.2) is 0 Å². The summed E-state index contributed by atoms with van der Waals surface area (Å²) in [7, 11) is 1.96. The van der Waals surface area contributed by atoms with Crippen LogP contribution in [0, 0.1) is 0 Å². The average molecular weight is 310 g/mol. The zero-order chi connectivity index (χ0) is 15.4. The average Bonchev–Trinajstić information content (AvgIpc) is 3.13. The van der Waals surface area contributed by atoms with Crippen LogP contribution < -0.4 is 4.90 Å². The molecule has 3 aromatic heterocycles. The molecule has 0 spiro atoms. The summed E-state index contributed by atoms with van der Waals surface area (Å²) in [5.74, 6) is 1.01. The number of pyridine rings is 1. The van der Waals surface area contributed by atoms with Gasteiger partial charge in [-0.25, -0.2) is 4.98 Å². The van der Waals surface area contributed by atoms with Crippen LogP contribution in [0.5, 0.6) is 0 Å². The Bertz CT molecular complexity index is 876. The first-order valence-corrected chi connectivity index (χ1v) is 8.01. The number of aromatic amines is 1. The maximum absolute atomic E-state index is 5.54. The van der Waals surface area contributed by atoms with Gasteiger partial charge in [0, 0.05) is 44.3 Å². The topological polar surface area (TPSA) is 71.9 Å². The third kappa shape index (κ3) is 1.89. The van der Waals surface area contributed by atoms with Gasteiger partial charge in [0.1, 0.15) is 11.5 Å². The maximum Gasteiger partial charge on any atom is 0.140 e. The molecule has 23 heavy (non-hydrogen) atoms. The van der Waals surface area contributed by atoms with Crippen molar-refractivity contribution in [3.63, 3.8) is 0 Å². The summed E-state index contributed by atoms with van der Waals surface area (Å²) in [6.45, 7) is 2.39. The number of aryl methyl sites for hydroxylation is 1. The molecule has 0 radical (unpaired) electrons. The lowest BCUT2D eigenvalue weighted by molar-refractivity contribution is 0.0840. The standard InChI is InChI=1S/C16H18N6O/c1-21-8-11-13(20-21)9-22(10-3-6-23-7-4-10)16-14-12(2-5-17-16)18-19-15(11)14/h2,5,8,10H,3-4,6-7,9H2,1H3,(H,18,19). The second-order valence-corrected chi connectivity index (χ2v) is 6.26. The number of fused-ring (bicyclic) bond motifs is 2. The lowest BCUT2D eigenvalue weighted by Gasteiger charge is -2.34. The quantitative estimate of drug-likeness (QED) is 0.743. The summed E-state index contributed by atoms with van der Waals surface area (Å²) < 4.78 is 7.41. The molecule has 0 aromatic carbocycles. The first kappa shape index (κ1) is 13.1. The fourth-order valence-electron chi connectivity index (χ4n) is 3.75. The van der Waals surface area contributed by atoms with E-state index in [-0.39, 0.29) is 0 Å². The van der Waals surface area contributed by atoms with Gasteiger partial charge in [-0.3, -0.25) is 9.78 Å². The molecule has 0 amide bonds. The Morgan fingerprint density at radius 3 is 3.04 bits per heavy atom. The highest BCUT2D eigenvalue weighted by atomic mass is 16.5. The van der Waals surface area contributed by atoms with E-state index in [0.717, 1.165) is 66.3 Å². The van der Waals surface area contributed by atoms with Crippen molar-refractivity contribution in [1.82, 2.24) is 25.0 Å². The molecule has 118 valence electrons. The van der Waals surface area contributed by atoms with Gasteiger partial charge in [0.2, 0.25) is 0 Å². The molecule has 0 aliphatic carbocycles. The third-order valence-corrected chi connectivity index (χ3v) is 4.84. The van der Waals surface area contributed by atoms with E-state index in [4.69, 9.17) is 9.72 Å². The van der Waals surface area contributed by atoms with Crippen LogP contribution in [-0.4, -0.2) is 44.2 Å². The predicted molar refractivity (Wildman–Crippen MR) is 86.1 cm³/mol. The third-order valence-electron chi connectivity index (χ3n) is 4.84. The van der Waals surface area contributed by atoms with Gasteiger partial charge in [-0.1, -0.05) is 0 Å². The predicted octanol–water partition coefficient (Wildman–Crippen LogP) is 1.86. The normalized spacial score (nSPS) is 18.2. The first-order valence-electron chi connectivity index (χ1n) is 8.01. The van der Waals surface area contributed by atoms with Crippen LogP contribution in [-0.2, 0) is 18.3 Å². The molecule has 3 aromatic rings. The highest BCUT2D eigenvalue weighted by Crippen LogP contribution is 2.39. The molecule has 0 unspecified atom stereocenters. The molecule has 1 fully saturated rings. The van der Waals surface area contributed by atoms with Crippen LogP contribution in [0.4, 0.5) is 5.82 Å². The van der Waals surface area contributed by atoms with E-state index < -0.39 is 0 Å². The van der Waals surface area contributed by atoms with Gasteiger partial charge in [0.05, 0.1) is 23.1 Å². The molecule has 0 atom stereocenters. The van der Waals surface area contributed by atoms with E-state index >= 15 is 0 Å². The summed E-state index contributed by atoms with van der Waals surface area (Å²) >= 11 is 0. The minimum atomic E-state index is 0.428. The van der Waals surface area contributed by atoms with Crippen molar-refractivity contribution >= 4 is 16.7 Å². The van der Waals surface area contributed by atoms with Gasteiger partial charge < -0.3 is 9.64 Å². The van der Waals surface area contributed by atoms with Gasteiger partial charge in [0.25, 0.3) is 0 Å². The Balaban J connectivity index is 1.75. The zero-order valence-corrected chi connectivity index (χ0v) is 13.0. The van der Waals surface area contributed by atoms with Crippen LogP contribution in [0.25, 0.3) is 22.2 Å². The zero-order valence-electron chi connectivity index (χ0n) is 13.0. The molecule has 0 saturated carbocycles. The number of hydrogen-bond donors (Lipinski definition) is 1. The smallest absolute Gasteiger partial charge is 0.140 e. The molecule has 1 N–H and O–H groups in total. The molecule has 5 rings (SSSR count). The Hall–Kier alpha value is -2.41. The number of aromatic nitrogens is 5. The van der Waals surface area contributed by atoms with Crippen molar-refractivity contribution in [2.45, 2.75) is 25.4 Å². The first-order chi connectivity index (χ1) is 11.3. The van der Waals surface area contributed by atoms with E-state index in [1.165, 1.54) is 0 Å². The summed E-state index contributed by atoms with van der Waals surface area (Å²) in [5, 5.41) is 13.5. The minimum Gasteiger partial charge on any atom is -0.381 e. The second kappa shape index (κ2) is 4.79. The minimum absolute atomic E-state index is 0.428. The van der Waals surface area contributed by atoms with Crippen molar-refractivity contribution in [3.05, 3.63) is 24.2 Å². The molecule has 1 saturated heterocycles. The van der Waals surface area contributed by atoms with E-state index in [1.807, 2.05) is 24.0 Å². The molecular weight excluding hydrogens is 292 g/mol. The van der Waals surface area contributed by atoms with Crippen LogP contribution in [0.1, 0.15) is 18.5 Å². The van der Waals surface area contributed by atoms with Crippen molar-refractivity contribution in [2.75, 3.05) is 18.1 Å². The molecule has 5 heterocycles. The summed E-state index contributed by atoms with van der Waals surface area (Å²) in [6.07, 6.45) is 5.95. The molecule has 2 aliphatic heterocycles. The van der Waals surface area contributed by atoms with Gasteiger partial charge in [-0.2, -0.15) is 10.2 Å². The van der Waals surface area contributed by atoms with Crippen molar-refractivity contribution < 1.29 is 4.74 Å². The lowest BCUT2D eigenvalue weighted by Crippen LogP contribution is -2.39. The lowest BCUT2D eigenvalue weighted by atomic mass is 10.1. The molecule has 0 bridgehead atoms. The molecule has 2 aliphatic rings. The Kier molecular flexibility index (Phi) is 2.72. The van der Waals surface area contributed by atoms with E-state index in [0.29, 0.717) is 6.04 Å². The van der Waals surface area contributed by atoms with Crippen molar-refractivity contribution in [1.29, 1.82) is 0 Å². The van der Waals surface area contributed by atoms with Gasteiger partial charge in [-0.15, -0.1) is 0 Å². The summed E-state index contributed by atoms with van der Waals surface area (Å²) in [4.78, 5) is 7.09. The second-order valence-electron chi connectivity index (χ2n) is 6.26. The Labute approximate surface area is 133 Å². The van der Waals surface area contributed by atoms with Crippen LogP contribution in [0.2, 0.25) is 0 Å². The molecular formula is C16H18N6O. The number of rotatable bonds is 1. The van der Waals surface area contributed by atoms with Crippen LogP contribution in [0.3, 0.4) is 0 Å². The summed E-state index contributed by atoms with van der Waals surface area (Å²) in [5.41, 5.74) is 4.15. The number of nitrogens with one attached hydrogen (secondary N) is 1. The monoisotopic (exact) mass is 310 g/mol. The number of H-pyrrole nitrogens is 1. The molecule has 7 heteroatoms. The largest absolute Gasteiger partial charge is 0.381 e. The fraction of sp³-hybridized carbons (Fsp3) is 0.438. The van der Waals surface area contributed by atoms with Gasteiger partial charge in [-0.05, 0) is 18.9 Å². The van der Waals surface area contributed by atoms with E-state index in [2.05, 4.69) is 26.4 Å². The maximum atomic E-state index is 5.54. The highest BCUT2D eigenvalue weighted by molar-refractivity contribution is 6.02. The van der Waals surface area contributed by atoms with E-state index in [9.17, 15) is 0 Å². The van der Waals surface area contributed by atoms with Crippen molar-refractivity contribution in [3.8, 4) is 11.3 Å². The molecule has 7 nitrogen and oxygen atoms in total. The number of anilines is 1. The number of hydrogen-bond acceptors (Lipinski definition) is 5. The SMILES string of the molecule is Cn1cc2c(n1)CN(C1CCOCC1)c1nccc3[nH]nc-2c13. The highest BCUT2D eigenvalue weighted by Gasteiger charge is 2.31. The van der Waals surface area contributed by atoms with E-state index in [1.54, 1.807) is 0 Å². The van der Waals surface area contributed by atoms with Crippen LogP contribution in [0.15, 0.2) is 18.5 Å². The Morgan fingerprint density at radius 2 is 2.17 bits per heavy atom. The van der Waals surface area contributed by atoms with Crippen molar-refractivity contribution in [2.24, 2.45) is 7.05 Å².